The molecular weight excluding hydrogens is 376 g/mol. The molecule has 1 heterocycles. The maximum absolute atomic E-state index is 12.2. The van der Waals surface area contributed by atoms with Gasteiger partial charge in [-0.25, -0.2) is 4.98 Å². The molecule has 3 aromatic rings. The third kappa shape index (κ3) is 5.34. The van der Waals surface area contributed by atoms with E-state index in [-0.39, 0.29) is 5.91 Å². The zero-order chi connectivity index (χ0) is 19.2. The van der Waals surface area contributed by atoms with Crippen molar-refractivity contribution in [1.82, 2.24) is 4.98 Å². The average molecular weight is 399 g/mol. The number of benzene rings is 2. The number of hydrogen-bond acceptors (Lipinski definition) is 5. The highest BCUT2D eigenvalue weighted by atomic mass is 32.2. The van der Waals surface area contributed by atoms with Crippen molar-refractivity contribution in [3.05, 3.63) is 59.0 Å². The molecule has 27 heavy (non-hydrogen) atoms. The van der Waals surface area contributed by atoms with E-state index < -0.39 is 0 Å². The molecular formula is C21H22N2O2S2. The first-order chi connectivity index (χ1) is 13.0. The minimum absolute atomic E-state index is 0.0159. The second-order valence-electron chi connectivity index (χ2n) is 6.18. The molecule has 0 aliphatic carbocycles. The van der Waals surface area contributed by atoms with E-state index in [4.69, 9.17) is 4.74 Å². The van der Waals surface area contributed by atoms with E-state index in [0.29, 0.717) is 17.3 Å². The lowest BCUT2D eigenvalue weighted by Crippen LogP contribution is -2.11. The van der Waals surface area contributed by atoms with Crippen LogP contribution >= 0.6 is 23.1 Å². The van der Waals surface area contributed by atoms with Gasteiger partial charge in [0, 0.05) is 28.0 Å². The lowest BCUT2D eigenvalue weighted by molar-refractivity contribution is -0.115. The van der Waals surface area contributed by atoms with E-state index in [0.717, 1.165) is 21.9 Å². The van der Waals surface area contributed by atoms with E-state index in [9.17, 15) is 4.79 Å². The number of methoxy groups -OCH3 is 1. The fourth-order valence-electron chi connectivity index (χ4n) is 2.58. The minimum Gasteiger partial charge on any atom is -0.497 e. The molecule has 0 saturated heterocycles. The van der Waals surface area contributed by atoms with Crippen molar-refractivity contribution < 1.29 is 9.53 Å². The van der Waals surface area contributed by atoms with Crippen LogP contribution in [0.4, 0.5) is 5.13 Å². The second-order valence-corrected chi connectivity index (χ2v) is 8.20. The van der Waals surface area contributed by atoms with E-state index >= 15 is 0 Å². The molecule has 1 amide bonds. The van der Waals surface area contributed by atoms with Crippen LogP contribution in [0.25, 0.3) is 11.3 Å². The zero-order valence-corrected chi connectivity index (χ0v) is 17.2. The number of thioether (sulfide) groups is 1. The molecule has 6 heteroatoms. The third-order valence-electron chi connectivity index (χ3n) is 4.08. The Morgan fingerprint density at radius 3 is 2.70 bits per heavy atom. The van der Waals surface area contributed by atoms with Crippen molar-refractivity contribution in [2.75, 3.05) is 18.2 Å². The largest absolute Gasteiger partial charge is 0.497 e. The molecule has 0 atom stereocenters. The first kappa shape index (κ1) is 19.5. The Bertz CT molecular complexity index is 920. The molecule has 0 saturated carbocycles. The van der Waals surface area contributed by atoms with Gasteiger partial charge in [0.15, 0.2) is 5.13 Å². The van der Waals surface area contributed by atoms with Gasteiger partial charge in [-0.15, -0.1) is 23.1 Å². The Balaban J connectivity index is 1.52. The van der Waals surface area contributed by atoms with Gasteiger partial charge in [-0.1, -0.05) is 17.7 Å². The molecule has 0 aliphatic rings. The molecule has 3 rings (SSSR count). The lowest BCUT2D eigenvalue weighted by atomic mass is 10.0. The molecule has 140 valence electrons. The van der Waals surface area contributed by atoms with Crippen LogP contribution in [0.3, 0.4) is 0 Å². The molecule has 1 N–H and O–H groups in total. The fourth-order valence-corrected chi connectivity index (χ4v) is 4.16. The smallest absolute Gasteiger partial charge is 0.226 e. The highest BCUT2D eigenvalue weighted by Gasteiger charge is 2.10. The third-order valence-corrected chi connectivity index (χ3v) is 5.85. The predicted molar refractivity (Wildman–Crippen MR) is 114 cm³/mol. The van der Waals surface area contributed by atoms with E-state index in [1.165, 1.54) is 22.5 Å². The monoisotopic (exact) mass is 398 g/mol. The number of carbonyl (C=O) groups excluding carboxylic acids is 1. The fraction of sp³-hybridized carbons (Fsp3) is 0.238. The lowest BCUT2D eigenvalue weighted by Gasteiger charge is -2.05. The van der Waals surface area contributed by atoms with Gasteiger partial charge in [-0.2, -0.15) is 0 Å². The Labute approximate surface area is 168 Å². The van der Waals surface area contributed by atoms with Crippen LogP contribution in [0, 0.1) is 13.8 Å². The van der Waals surface area contributed by atoms with Crippen LogP contribution in [0.2, 0.25) is 0 Å². The topological polar surface area (TPSA) is 51.2 Å². The number of aromatic nitrogens is 1. The van der Waals surface area contributed by atoms with Crippen molar-refractivity contribution in [1.29, 1.82) is 0 Å². The molecule has 0 spiro atoms. The molecule has 2 aromatic carbocycles. The Hall–Kier alpha value is -2.31. The zero-order valence-electron chi connectivity index (χ0n) is 15.6. The first-order valence-corrected chi connectivity index (χ1v) is 10.5. The summed E-state index contributed by atoms with van der Waals surface area (Å²) in [7, 11) is 1.65. The van der Waals surface area contributed by atoms with Crippen LogP contribution in [0.1, 0.15) is 17.5 Å². The Morgan fingerprint density at radius 1 is 1.19 bits per heavy atom. The van der Waals surface area contributed by atoms with E-state index in [1.807, 2.05) is 29.6 Å². The first-order valence-electron chi connectivity index (χ1n) is 8.65. The molecule has 0 fully saturated rings. The van der Waals surface area contributed by atoms with Gasteiger partial charge >= 0.3 is 0 Å². The van der Waals surface area contributed by atoms with Crippen LogP contribution in [0.5, 0.6) is 5.75 Å². The number of ether oxygens (including phenoxy) is 1. The highest BCUT2D eigenvalue weighted by molar-refractivity contribution is 7.99. The average Bonchev–Trinajstić information content (AvgIpc) is 3.12. The number of amides is 1. The van der Waals surface area contributed by atoms with Crippen molar-refractivity contribution in [2.24, 2.45) is 0 Å². The van der Waals surface area contributed by atoms with Crippen LogP contribution in [0.15, 0.2) is 52.7 Å². The predicted octanol–water partition coefficient (Wildman–Crippen LogP) is 5.56. The van der Waals surface area contributed by atoms with Gasteiger partial charge in [0.2, 0.25) is 5.91 Å². The van der Waals surface area contributed by atoms with Gasteiger partial charge < -0.3 is 10.1 Å². The summed E-state index contributed by atoms with van der Waals surface area (Å²) in [4.78, 5) is 17.9. The molecule has 4 nitrogen and oxygen atoms in total. The maximum Gasteiger partial charge on any atom is 0.226 e. The highest BCUT2D eigenvalue weighted by Crippen LogP contribution is 2.28. The van der Waals surface area contributed by atoms with Crippen LogP contribution < -0.4 is 10.1 Å². The van der Waals surface area contributed by atoms with Crippen molar-refractivity contribution in [2.45, 2.75) is 25.2 Å². The summed E-state index contributed by atoms with van der Waals surface area (Å²) in [6, 6.07) is 14.2. The number of aryl methyl sites for hydroxylation is 2. The van der Waals surface area contributed by atoms with Gasteiger partial charge in [-0.05, 0) is 49.7 Å². The molecule has 0 unspecified atom stereocenters. The van der Waals surface area contributed by atoms with Gasteiger partial charge in [0.25, 0.3) is 0 Å². The quantitative estimate of drug-likeness (QED) is 0.530. The van der Waals surface area contributed by atoms with Crippen LogP contribution in [-0.2, 0) is 4.79 Å². The van der Waals surface area contributed by atoms with Gasteiger partial charge in [0.05, 0.1) is 12.8 Å². The van der Waals surface area contributed by atoms with E-state index in [1.54, 1.807) is 18.9 Å². The summed E-state index contributed by atoms with van der Waals surface area (Å²) in [5.74, 6) is 1.53. The van der Waals surface area contributed by atoms with Gasteiger partial charge in [-0.3, -0.25) is 4.79 Å². The number of anilines is 1. The summed E-state index contributed by atoms with van der Waals surface area (Å²) >= 11 is 3.11. The summed E-state index contributed by atoms with van der Waals surface area (Å²) < 4.78 is 5.15. The summed E-state index contributed by atoms with van der Waals surface area (Å²) in [6.07, 6.45) is 0.440. The van der Waals surface area contributed by atoms with Crippen LogP contribution in [-0.4, -0.2) is 23.8 Å². The number of rotatable bonds is 7. The number of hydrogen-bond donors (Lipinski definition) is 1. The molecule has 1 aromatic heterocycles. The van der Waals surface area contributed by atoms with Gasteiger partial charge in [0.1, 0.15) is 5.75 Å². The number of nitrogens with zero attached hydrogens (tertiary/aromatic N) is 1. The summed E-state index contributed by atoms with van der Waals surface area (Å²) in [6.45, 7) is 4.14. The second kappa shape index (κ2) is 9.06. The standard InChI is InChI=1S/C21H22N2O2S2/c1-14-4-5-15(2)18(12-14)19-13-27-21(22-19)23-20(24)10-11-26-17-8-6-16(25-3)7-9-17/h4-9,12-13H,10-11H2,1-3H3,(H,22,23,24). The summed E-state index contributed by atoms with van der Waals surface area (Å²) in [5.41, 5.74) is 4.40. The Kier molecular flexibility index (Phi) is 6.53. The SMILES string of the molecule is COc1ccc(SCCC(=O)Nc2nc(-c3cc(C)ccc3C)cs2)cc1. The van der Waals surface area contributed by atoms with Crippen molar-refractivity contribution in [3.8, 4) is 17.0 Å². The summed E-state index contributed by atoms with van der Waals surface area (Å²) in [5, 5.41) is 5.54. The minimum atomic E-state index is -0.0159. The molecule has 0 aliphatic heterocycles. The van der Waals surface area contributed by atoms with Crippen molar-refractivity contribution in [3.63, 3.8) is 0 Å². The number of thiazole rings is 1. The molecule has 0 radical (unpaired) electrons. The van der Waals surface area contributed by atoms with Crippen molar-refractivity contribution >= 4 is 34.1 Å². The maximum atomic E-state index is 12.2. The van der Waals surface area contributed by atoms with E-state index in [2.05, 4.69) is 42.3 Å². The molecule has 0 bridgehead atoms. The normalized spacial score (nSPS) is 10.6. The Morgan fingerprint density at radius 2 is 1.96 bits per heavy atom. The number of nitrogens with one attached hydrogen (secondary N) is 1. The number of carbonyl (C=O) groups is 1.